The fourth-order valence-electron chi connectivity index (χ4n) is 0.875. The molecule has 0 radical (unpaired) electrons. The number of carboxylic acids is 1. The van der Waals surface area contributed by atoms with Crippen molar-refractivity contribution in [2.24, 2.45) is 0 Å². The molecule has 18 heavy (non-hydrogen) atoms. The number of allylic oxidation sites excluding steroid dienone is 2. The van der Waals surface area contributed by atoms with E-state index < -0.39 is 5.97 Å². The Kier molecular flexibility index (Phi) is 15.3. The van der Waals surface area contributed by atoms with Gasteiger partial charge in [-0.25, -0.2) is 4.79 Å². The first-order valence-corrected chi connectivity index (χ1v) is 4.59. The van der Waals surface area contributed by atoms with Gasteiger partial charge in [0.1, 0.15) is 0 Å². The molecule has 1 rings (SSSR count). The van der Waals surface area contributed by atoms with Gasteiger partial charge in [-0.05, 0) is 26.0 Å². The third-order valence-electron chi connectivity index (χ3n) is 1.43. The predicted molar refractivity (Wildman–Crippen MR) is 60.5 cm³/mol. The SMILES string of the molecule is CC(=O)/C=C(/C)O.O=C(O)c1ccccc1.[Fe].[Fe]. The van der Waals surface area contributed by atoms with Crippen molar-refractivity contribution in [2.75, 3.05) is 0 Å². The monoisotopic (exact) mass is 334 g/mol. The molecule has 102 valence electrons. The minimum Gasteiger partial charge on any atom is -0.512 e. The molecule has 0 heterocycles. The molecule has 1 aromatic carbocycles. The molecular weight excluding hydrogens is 320 g/mol. The van der Waals surface area contributed by atoms with Gasteiger partial charge in [-0.1, -0.05) is 18.2 Å². The Morgan fingerprint density at radius 1 is 1.00 bits per heavy atom. The predicted octanol–water partition coefficient (Wildman–Crippen LogP) is 2.42. The molecule has 1 aromatic rings. The number of carbonyl (C=O) groups excluding carboxylic acids is 1. The summed E-state index contributed by atoms with van der Waals surface area (Å²) < 4.78 is 0. The first kappa shape index (κ1) is 22.1. The zero-order valence-electron chi connectivity index (χ0n) is 9.88. The molecule has 0 saturated carbocycles. The molecule has 0 saturated heterocycles. The summed E-state index contributed by atoms with van der Waals surface area (Å²) in [6, 6.07) is 8.30. The van der Waals surface area contributed by atoms with Crippen molar-refractivity contribution >= 4 is 11.8 Å². The molecule has 0 aliphatic rings. The van der Waals surface area contributed by atoms with Gasteiger partial charge in [0.2, 0.25) is 0 Å². The van der Waals surface area contributed by atoms with E-state index in [0.29, 0.717) is 5.56 Å². The van der Waals surface area contributed by atoms with Crippen molar-refractivity contribution in [3.63, 3.8) is 0 Å². The number of hydrogen-bond acceptors (Lipinski definition) is 3. The zero-order valence-corrected chi connectivity index (χ0v) is 12.1. The first-order chi connectivity index (χ1) is 7.43. The second kappa shape index (κ2) is 12.4. The van der Waals surface area contributed by atoms with Crippen LogP contribution in [0.4, 0.5) is 0 Å². The van der Waals surface area contributed by atoms with Crippen molar-refractivity contribution < 1.29 is 53.9 Å². The van der Waals surface area contributed by atoms with E-state index in [1.165, 1.54) is 19.9 Å². The van der Waals surface area contributed by atoms with Crippen LogP contribution in [-0.4, -0.2) is 22.0 Å². The van der Waals surface area contributed by atoms with E-state index in [4.69, 9.17) is 10.2 Å². The van der Waals surface area contributed by atoms with E-state index in [2.05, 4.69) is 0 Å². The van der Waals surface area contributed by atoms with Crippen LogP contribution in [0.1, 0.15) is 24.2 Å². The van der Waals surface area contributed by atoms with Crippen LogP contribution in [0.3, 0.4) is 0 Å². The van der Waals surface area contributed by atoms with Crippen LogP contribution in [0.2, 0.25) is 0 Å². The van der Waals surface area contributed by atoms with Gasteiger partial charge in [0, 0.05) is 40.2 Å². The number of aromatic carboxylic acids is 1. The molecule has 0 fully saturated rings. The minimum absolute atomic E-state index is 0. The molecule has 6 heteroatoms. The molecule has 0 unspecified atom stereocenters. The fraction of sp³-hybridized carbons (Fsp3) is 0.167. The average Bonchev–Trinajstić information content (AvgIpc) is 2.17. The van der Waals surface area contributed by atoms with Gasteiger partial charge in [-0.3, -0.25) is 4.79 Å². The number of hydrogen-bond donors (Lipinski definition) is 2. The molecule has 0 atom stereocenters. The molecule has 2 N–H and O–H groups in total. The fourth-order valence-corrected chi connectivity index (χ4v) is 0.875. The zero-order chi connectivity index (χ0) is 12.6. The van der Waals surface area contributed by atoms with Crippen LogP contribution in [-0.2, 0) is 38.9 Å². The molecular formula is C12H14Fe2O4. The van der Waals surface area contributed by atoms with Crippen molar-refractivity contribution in [3.05, 3.63) is 47.7 Å². The van der Waals surface area contributed by atoms with Gasteiger partial charge in [0.25, 0.3) is 0 Å². The Bertz CT molecular complexity index is 384. The molecule has 0 aliphatic heterocycles. The summed E-state index contributed by atoms with van der Waals surface area (Å²) in [4.78, 5) is 20.2. The van der Waals surface area contributed by atoms with Crippen molar-refractivity contribution in [1.82, 2.24) is 0 Å². The standard InChI is InChI=1S/C7H6O2.C5H8O2.2Fe/c8-7(9)6-4-2-1-3-5-6;1-4(6)3-5(2)7;;/h1-5H,(H,8,9);3,6H,1-2H3;;/b;4-3-;;. The molecule has 4 nitrogen and oxygen atoms in total. The molecule has 0 aromatic heterocycles. The number of carboxylic acid groups (broad SMARTS) is 1. The van der Waals surface area contributed by atoms with Gasteiger partial charge >= 0.3 is 5.97 Å². The Labute approximate surface area is 127 Å². The Balaban J connectivity index is -0.000000232. The summed E-state index contributed by atoms with van der Waals surface area (Å²) in [6.45, 7) is 2.85. The second-order valence-corrected chi connectivity index (χ2v) is 3.07. The maximum Gasteiger partial charge on any atom is 0.335 e. The summed E-state index contributed by atoms with van der Waals surface area (Å²) in [5, 5.41) is 16.7. The van der Waals surface area contributed by atoms with Gasteiger partial charge in [0.05, 0.1) is 11.3 Å². The Morgan fingerprint density at radius 3 is 1.61 bits per heavy atom. The smallest absolute Gasteiger partial charge is 0.335 e. The van der Waals surface area contributed by atoms with Crippen LogP contribution in [0.15, 0.2) is 42.2 Å². The third-order valence-corrected chi connectivity index (χ3v) is 1.43. The average molecular weight is 334 g/mol. The van der Waals surface area contributed by atoms with Gasteiger partial charge in [0.15, 0.2) is 5.78 Å². The number of benzene rings is 1. The maximum atomic E-state index is 10.2. The van der Waals surface area contributed by atoms with Crippen molar-refractivity contribution in [2.45, 2.75) is 13.8 Å². The van der Waals surface area contributed by atoms with E-state index in [1.807, 2.05) is 0 Å². The van der Waals surface area contributed by atoms with Crippen LogP contribution >= 0.6 is 0 Å². The second-order valence-electron chi connectivity index (χ2n) is 3.07. The van der Waals surface area contributed by atoms with E-state index in [-0.39, 0.29) is 45.7 Å². The number of aliphatic hydroxyl groups is 1. The largest absolute Gasteiger partial charge is 0.512 e. The van der Waals surface area contributed by atoms with Gasteiger partial charge in [-0.2, -0.15) is 0 Å². The molecule has 0 bridgehead atoms. The van der Waals surface area contributed by atoms with Crippen molar-refractivity contribution in [3.8, 4) is 0 Å². The quantitative estimate of drug-likeness (QED) is 0.495. The van der Waals surface area contributed by atoms with Gasteiger partial charge < -0.3 is 10.2 Å². The topological polar surface area (TPSA) is 74.6 Å². The number of ketones is 1. The maximum absolute atomic E-state index is 10.2. The summed E-state index contributed by atoms with van der Waals surface area (Å²) in [5.74, 6) is -0.942. The molecule has 0 aliphatic carbocycles. The first-order valence-electron chi connectivity index (χ1n) is 4.59. The van der Waals surface area contributed by atoms with Gasteiger partial charge in [-0.15, -0.1) is 0 Å². The summed E-state index contributed by atoms with van der Waals surface area (Å²) in [7, 11) is 0. The number of carbonyl (C=O) groups is 2. The van der Waals surface area contributed by atoms with E-state index in [9.17, 15) is 9.59 Å². The Hall–Kier alpha value is -1.06. The number of rotatable bonds is 2. The van der Waals surface area contributed by atoms with Crippen molar-refractivity contribution in [1.29, 1.82) is 0 Å². The van der Waals surface area contributed by atoms with Crippen LogP contribution < -0.4 is 0 Å². The third kappa shape index (κ3) is 13.0. The van der Waals surface area contributed by atoms with Crippen LogP contribution in [0.5, 0.6) is 0 Å². The summed E-state index contributed by atoms with van der Waals surface area (Å²) >= 11 is 0. The summed E-state index contributed by atoms with van der Waals surface area (Å²) in [6.07, 6.45) is 1.17. The van der Waals surface area contributed by atoms with E-state index in [0.717, 1.165) is 0 Å². The molecule has 0 spiro atoms. The van der Waals surface area contributed by atoms with E-state index in [1.54, 1.807) is 30.3 Å². The van der Waals surface area contributed by atoms with E-state index >= 15 is 0 Å². The molecule has 0 amide bonds. The van der Waals surface area contributed by atoms with Crippen LogP contribution in [0.25, 0.3) is 0 Å². The summed E-state index contributed by atoms with van der Waals surface area (Å²) in [5.41, 5.74) is 0.331. The number of aliphatic hydroxyl groups excluding tert-OH is 1. The minimum atomic E-state index is -0.879. The Morgan fingerprint density at radius 2 is 1.44 bits per heavy atom. The van der Waals surface area contributed by atoms with Crippen LogP contribution in [0, 0.1) is 0 Å². The normalized spacial score (nSPS) is 8.89.